The van der Waals surface area contributed by atoms with Crippen molar-refractivity contribution in [2.75, 3.05) is 10.6 Å². The molecular weight excluding hydrogens is 352 g/mol. The molecule has 0 aliphatic heterocycles. The lowest BCUT2D eigenvalue weighted by Gasteiger charge is -2.22. The highest BCUT2D eigenvalue weighted by Crippen LogP contribution is 2.44. The van der Waals surface area contributed by atoms with E-state index in [2.05, 4.69) is 10.6 Å². The summed E-state index contributed by atoms with van der Waals surface area (Å²) in [6.45, 7) is 0. The van der Waals surface area contributed by atoms with Crippen LogP contribution in [0.5, 0.6) is 5.75 Å². The van der Waals surface area contributed by atoms with Crippen LogP contribution in [-0.2, 0) is 0 Å². The third kappa shape index (κ3) is 2.80. The highest BCUT2D eigenvalue weighted by atomic mass is 32.1. The third-order valence-corrected chi connectivity index (χ3v) is 5.56. The standard InChI is InChI=1S/C19H16N2O4S/c22-9-11-3-1-4-12(17(11)23)20-15-16(19(25)18(15)24)21-14(10-6-7-10)13-5-2-8-26-13/h1-5,8-10,14,20-21,23H,6-7H2. The van der Waals surface area contributed by atoms with Crippen LogP contribution < -0.4 is 21.5 Å². The van der Waals surface area contributed by atoms with Gasteiger partial charge < -0.3 is 15.7 Å². The summed E-state index contributed by atoms with van der Waals surface area (Å²) in [7, 11) is 0. The number of hydrogen-bond acceptors (Lipinski definition) is 7. The van der Waals surface area contributed by atoms with Gasteiger partial charge in [-0.05, 0) is 42.3 Å². The van der Waals surface area contributed by atoms with E-state index in [9.17, 15) is 19.5 Å². The van der Waals surface area contributed by atoms with Crippen LogP contribution in [0.1, 0.15) is 34.1 Å². The molecule has 1 unspecified atom stereocenters. The van der Waals surface area contributed by atoms with E-state index in [-0.39, 0.29) is 34.4 Å². The van der Waals surface area contributed by atoms with E-state index in [1.165, 1.54) is 6.07 Å². The number of hydrogen-bond donors (Lipinski definition) is 3. The van der Waals surface area contributed by atoms with Crippen LogP contribution in [0.2, 0.25) is 0 Å². The number of benzene rings is 1. The van der Waals surface area contributed by atoms with Gasteiger partial charge in [0.15, 0.2) is 6.29 Å². The average molecular weight is 368 g/mol. The molecule has 6 nitrogen and oxygen atoms in total. The number of phenols is 1. The van der Waals surface area contributed by atoms with Crippen molar-refractivity contribution in [3.63, 3.8) is 0 Å². The van der Waals surface area contributed by atoms with Gasteiger partial charge in [-0.2, -0.15) is 0 Å². The zero-order valence-corrected chi connectivity index (χ0v) is 14.5. The second kappa shape index (κ2) is 6.42. The smallest absolute Gasteiger partial charge is 0.253 e. The van der Waals surface area contributed by atoms with Crippen LogP contribution in [0.25, 0.3) is 0 Å². The minimum Gasteiger partial charge on any atom is -0.505 e. The maximum absolute atomic E-state index is 12.1. The van der Waals surface area contributed by atoms with Gasteiger partial charge in [0.25, 0.3) is 10.9 Å². The molecule has 0 radical (unpaired) electrons. The Kier molecular flexibility index (Phi) is 4.08. The number of thiophene rings is 1. The van der Waals surface area contributed by atoms with Gasteiger partial charge in [-0.3, -0.25) is 14.4 Å². The van der Waals surface area contributed by atoms with Crippen molar-refractivity contribution in [2.24, 2.45) is 5.92 Å². The number of nitrogens with one attached hydrogen (secondary N) is 2. The first-order valence-electron chi connectivity index (χ1n) is 8.27. The van der Waals surface area contributed by atoms with E-state index in [1.54, 1.807) is 23.5 Å². The van der Waals surface area contributed by atoms with E-state index < -0.39 is 10.9 Å². The Morgan fingerprint density at radius 3 is 2.54 bits per heavy atom. The lowest BCUT2D eigenvalue weighted by Crippen LogP contribution is -2.37. The molecule has 4 rings (SSSR count). The number of carbonyl (C=O) groups is 1. The molecule has 0 spiro atoms. The number of aromatic hydroxyl groups is 1. The Hall–Kier alpha value is -2.93. The molecule has 3 N–H and O–H groups in total. The van der Waals surface area contributed by atoms with Crippen molar-refractivity contribution in [3.8, 4) is 5.75 Å². The van der Waals surface area contributed by atoms with Crippen molar-refractivity contribution < 1.29 is 9.90 Å². The van der Waals surface area contributed by atoms with Gasteiger partial charge in [-0.15, -0.1) is 11.3 Å². The fraction of sp³-hybridized carbons (Fsp3) is 0.211. The SMILES string of the molecule is O=Cc1cccc(Nc2c(NC(c3cccs3)C3CC3)c(=O)c2=O)c1O. The van der Waals surface area contributed by atoms with Crippen molar-refractivity contribution in [2.45, 2.75) is 18.9 Å². The van der Waals surface area contributed by atoms with Crippen LogP contribution >= 0.6 is 11.3 Å². The van der Waals surface area contributed by atoms with Gasteiger partial charge >= 0.3 is 0 Å². The number of phenolic OH excluding ortho intramolecular Hbond substituents is 1. The first kappa shape index (κ1) is 16.5. The largest absolute Gasteiger partial charge is 0.505 e. The molecule has 132 valence electrons. The predicted octanol–water partition coefficient (Wildman–Crippen LogP) is 3.17. The predicted molar refractivity (Wildman–Crippen MR) is 102 cm³/mol. The van der Waals surface area contributed by atoms with E-state index in [0.29, 0.717) is 12.2 Å². The maximum Gasteiger partial charge on any atom is 0.253 e. The van der Waals surface area contributed by atoms with Crippen LogP contribution in [0.4, 0.5) is 17.1 Å². The summed E-state index contributed by atoms with van der Waals surface area (Å²) in [6, 6.07) is 8.56. The number of aldehydes is 1. The molecule has 1 fully saturated rings. The van der Waals surface area contributed by atoms with E-state index in [1.807, 2.05) is 17.5 Å². The molecule has 3 aromatic rings. The molecule has 1 aliphatic rings. The second-order valence-electron chi connectivity index (χ2n) is 6.37. The van der Waals surface area contributed by atoms with Gasteiger partial charge in [0, 0.05) is 4.88 Å². The van der Waals surface area contributed by atoms with Crippen LogP contribution in [0.3, 0.4) is 0 Å². The van der Waals surface area contributed by atoms with Crippen molar-refractivity contribution in [3.05, 3.63) is 66.6 Å². The molecule has 1 heterocycles. The number of rotatable bonds is 7. The van der Waals surface area contributed by atoms with Crippen molar-refractivity contribution in [1.29, 1.82) is 0 Å². The van der Waals surface area contributed by atoms with Crippen LogP contribution in [0.15, 0.2) is 45.3 Å². The quantitative estimate of drug-likeness (QED) is 0.337. The van der Waals surface area contributed by atoms with Crippen LogP contribution in [-0.4, -0.2) is 11.4 Å². The Balaban J connectivity index is 1.64. The van der Waals surface area contributed by atoms with Gasteiger partial charge in [-0.25, -0.2) is 0 Å². The first-order chi connectivity index (χ1) is 12.6. The van der Waals surface area contributed by atoms with Crippen molar-refractivity contribution >= 4 is 34.7 Å². The Morgan fingerprint density at radius 2 is 1.88 bits per heavy atom. The van der Waals surface area contributed by atoms with Gasteiger partial charge in [0.05, 0.1) is 17.3 Å². The summed E-state index contributed by atoms with van der Waals surface area (Å²) in [4.78, 5) is 36.2. The Bertz CT molecular complexity index is 1030. The fourth-order valence-electron chi connectivity index (χ4n) is 3.02. The molecule has 0 bridgehead atoms. The highest BCUT2D eigenvalue weighted by Gasteiger charge is 2.35. The lowest BCUT2D eigenvalue weighted by molar-refractivity contribution is 0.112. The molecule has 1 atom stereocenters. The Labute approximate surface area is 152 Å². The monoisotopic (exact) mass is 368 g/mol. The van der Waals surface area contributed by atoms with E-state index >= 15 is 0 Å². The van der Waals surface area contributed by atoms with Gasteiger partial charge in [0.2, 0.25) is 0 Å². The fourth-order valence-corrected chi connectivity index (χ4v) is 3.88. The second-order valence-corrected chi connectivity index (χ2v) is 7.35. The lowest BCUT2D eigenvalue weighted by atomic mass is 10.1. The third-order valence-electron chi connectivity index (χ3n) is 4.61. The minimum absolute atomic E-state index is 0.00578. The molecular formula is C19H16N2O4S. The Morgan fingerprint density at radius 1 is 1.12 bits per heavy atom. The minimum atomic E-state index is -0.635. The normalized spacial score (nSPS) is 14.9. The molecule has 7 heteroatoms. The molecule has 2 aromatic carbocycles. The van der Waals surface area contributed by atoms with Gasteiger partial charge in [-0.1, -0.05) is 12.1 Å². The summed E-state index contributed by atoms with van der Waals surface area (Å²) >= 11 is 1.61. The molecule has 0 saturated heterocycles. The average Bonchev–Trinajstić information content (AvgIpc) is 3.35. The molecule has 1 saturated carbocycles. The number of para-hydroxylation sites is 1. The maximum atomic E-state index is 12.1. The molecule has 26 heavy (non-hydrogen) atoms. The summed E-state index contributed by atoms with van der Waals surface area (Å²) in [5.74, 6) is 0.191. The number of anilines is 3. The zero-order chi connectivity index (χ0) is 18.3. The topological polar surface area (TPSA) is 95.5 Å². The highest BCUT2D eigenvalue weighted by molar-refractivity contribution is 7.10. The van der Waals surface area contributed by atoms with E-state index in [4.69, 9.17) is 0 Å². The van der Waals surface area contributed by atoms with Crippen molar-refractivity contribution in [1.82, 2.24) is 0 Å². The van der Waals surface area contributed by atoms with Crippen LogP contribution in [0, 0.1) is 5.92 Å². The molecule has 1 aliphatic carbocycles. The number of carbonyl (C=O) groups excluding carboxylic acids is 1. The molecule has 0 amide bonds. The van der Waals surface area contributed by atoms with Gasteiger partial charge in [0.1, 0.15) is 17.1 Å². The van der Waals surface area contributed by atoms with E-state index in [0.717, 1.165) is 17.7 Å². The zero-order valence-electron chi connectivity index (χ0n) is 13.7. The summed E-state index contributed by atoms with van der Waals surface area (Å²) < 4.78 is 0. The molecule has 1 aromatic heterocycles. The summed E-state index contributed by atoms with van der Waals surface area (Å²) in [5.41, 5.74) is -0.530. The summed E-state index contributed by atoms with van der Waals surface area (Å²) in [5, 5.41) is 18.1. The first-order valence-corrected chi connectivity index (χ1v) is 9.15. The summed E-state index contributed by atoms with van der Waals surface area (Å²) in [6.07, 6.45) is 2.69.